The molecule has 0 aliphatic rings. The fourth-order valence-electron chi connectivity index (χ4n) is 2.97. The first kappa shape index (κ1) is 21.5. The van der Waals surface area contributed by atoms with Crippen LogP contribution in [0.1, 0.15) is 5.56 Å². The highest BCUT2D eigenvalue weighted by Crippen LogP contribution is 2.33. The Labute approximate surface area is 200 Å². The number of hydrogen-bond donors (Lipinski definition) is 1. The first-order valence-electron chi connectivity index (χ1n) is 9.09. The Hall–Kier alpha value is -2.68. The molecule has 1 amide bonds. The van der Waals surface area contributed by atoms with E-state index in [0.717, 1.165) is 20.2 Å². The molecule has 3 aromatic carbocycles. The van der Waals surface area contributed by atoms with Crippen LogP contribution in [0.15, 0.2) is 69.6 Å². The van der Waals surface area contributed by atoms with E-state index >= 15 is 0 Å². The lowest BCUT2D eigenvalue weighted by Crippen LogP contribution is -2.08. The number of amides is 1. The van der Waals surface area contributed by atoms with Gasteiger partial charge in [0, 0.05) is 16.1 Å². The molecule has 0 aliphatic carbocycles. The summed E-state index contributed by atoms with van der Waals surface area (Å²) in [5, 5.41) is 12.1. The van der Waals surface area contributed by atoms with Crippen molar-refractivity contribution in [3.05, 3.63) is 80.2 Å². The van der Waals surface area contributed by atoms with Gasteiger partial charge in [-0.15, -0.1) is 10.2 Å². The molecule has 1 N–H and O–H groups in total. The Kier molecular flexibility index (Phi) is 6.41. The van der Waals surface area contributed by atoms with Gasteiger partial charge in [0.2, 0.25) is 5.91 Å². The van der Waals surface area contributed by atoms with Gasteiger partial charge in [-0.3, -0.25) is 4.79 Å². The number of methoxy groups -OCH3 is 1. The molecule has 0 saturated heterocycles. The minimum absolute atomic E-state index is 0.338. The van der Waals surface area contributed by atoms with Crippen LogP contribution in [-0.2, 0) is 4.79 Å². The van der Waals surface area contributed by atoms with Crippen molar-refractivity contribution >= 4 is 72.2 Å². The maximum atomic E-state index is 12.5. The van der Waals surface area contributed by atoms with Crippen molar-refractivity contribution in [3.8, 4) is 11.4 Å². The molecule has 0 saturated carbocycles. The van der Waals surface area contributed by atoms with Gasteiger partial charge in [0.1, 0.15) is 16.8 Å². The number of carbonyl (C=O) groups is 1. The molecule has 4 rings (SSSR count). The van der Waals surface area contributed by atoms with Crippen LogP contribution in [0.3, 0.4) is 0 Å². The fourth-order valence-corrected chi connectivity index (χ4v) is 4.60. The van der Waals surface area contributed by atoms with Crippen LogP contribution >= 0.6 is 43.5 Å². The predicted molar refractivity (Wildman–Crippen MR) is 130 cm³/mol. The van der Waals surface area contributed by atoms with Crippen LogP contribution in [0, 0.1) is 0 Å². The lowest BCUT2D eigenvalue weighted by molar-refractivity contribution is -0.111. The predicted octanol–water partition coefficient (Wildman–Crippen LogP) is 6.26. The largest absolute Gasteiger partial charge is 0.495 e. The minimum Gasteiger partial charge on any atom is -0.495 e. The van der Waals surface area contributed by atoms with E-state index in [1.807, 2.05) is 42.5 Å². The Morgan fingerprint density at radius 3 is 2.52 bits per heavy atom. The molecule has 0 spiro atoms. The third-order valence-corrected chi connectivity index (χ3v) is 5.73. The van der Waals surface area contributed by atoms with E-state index in [1.54, 1.807) is 25.3 Å². The molecule has 0 atom stereocenters. The first-order chi connectivity index (χ1) is 14.9. The van der Waals surface area contributed by atoms with Gasteiger partial charge in [-0.1, -0.05) is 45.7 Å². The number of para-hydroxylation sites is 1. The van der Waals surface area contributed by atoms with Crippen LogP contribution in [0.4, 0.5) is 5.69 Å². The zero-order valence-electron chi connectivity index (χ0n) is 16.1. The van der Waals surface area contributed by atoms with Crippen molar-refractivity contribution in [1.82, 2.24) is 15.0 Å². The van der Waals surface area contributed by atoms with Gasteiger partial charge in [0.05, 0.1) is 28.0 Å². The van der Waals surface area contributed by atoms with Gasteiger partial charge in [0.15, 0.2) is 0 Å². The van der Waals surface area contributed by atoms with Gasteiger partial charge in [-0.05, 0) is 58.4 Å². The number of carbonyl (C=O) groups excluding carboxylic acids is 1. The Balaban J connectivity index is 1.58. The highest BCUT2D eigenvalue weighted by Gasteiger charge is 2.12. The van der Waals surface area contributed by atoms with Gasteiger partial charge >= 0.3 is 0 Å². The summed E-state index contributed by atoms with van der Waals surface area (Å²) in [5.74, 6) is 0.291. The quantitative estimate of drug-likeness (QED) is 0.292. The van der Waals surface area contributed by atoms with Crippen molar-refractivity contribution < 1.29 is 9.53 Å². The average molecular weight is 563 g/mol. The Morgan fingerprint density at radius 1 is 1.10 bits per heavy atom. The number of rotatable bonds is 5. The Bertz CT molecular complexity index is 1310. The van der Waals surface area contributed by atoms with Crippen molar-refractivity contribution in [2.75, 3.05) is 12.4 Å². The number of benzene rings is 3. The summed E-state index contributed by atoms with van der Waals surface area (Å²) in [7, 11) is 1.57. The highest BCUT2D eigenvalue weighted by molar-refractivity contribution is 9.11. The molecule has 0 bridgehead atoms. The van der Waals surface area contributed by atoms with E-state index in [2.05, 4.69) is 47.4 Å². The second kappa shape index (κ2) is 9.21. The van der Waals surface area contributed by atoms with E-state index < -0.39 is 0 Å². The lowest BCUT2D eigenvalue weighted by atomic mass is 10.2. The molecule has 156 valence electrons. The van der Waals surface area contributed by atoms with Gasteiger partial charge in [0.25, 0.3) is 0 Å². The second-order valence-electron chi connectivity index (χ2n) is 6.48. The van der Waals surface area contributed by atoms with Crippen molar-refractivity contribution in [3.63, 3.8) is 0 Å². The topological polar surface area (TPSA) is 69.0 Å². The van der Waals surface area contributed by atoms with Crippen molar-refractivity contribution in [2.24, 2.45) is 0 Å². The minimum atomic E-state index is -0.338. The molecule has 9 heteroatoms. The normalized spacial score (nSPS) is 11.2. The molecule has 31 heavy (non-hydrogen) atoms. The van der Waals surface area contributed by atoms with Crippen molar-refractivity contribution in [1.29, 1.82) is 0 Å². The number of halogens is 3. The average Bonchev–Trinajstić information content (AvgIpc) is 3.15. The number of nitrogens with one attached hydrogen (secondary N) is 1. The molecule has 1 aromatic heterocycles. The molecular weight excluding hydrogens is 548 g/mol. The summed E-state index contributed by atoms with van der Waals surface area (Å²) in [6.45, 7) is 0. The highest BCUT2D eigenvalue weighted by atomic mass is 79.9. The van der Waals surface area contributed by atoms with Crippen molar-refractivity contribution in [2.45, 2.75) is 0 Å². The number of anilines is 1. The maximum Gasteiger partial charge on any atom is 0.248 e. The van der Waals surface area contributed by atoms with Crippen LogP contribution in [0.2, 0.25) is 5.02 Å². The number of ether oxygens (including phenoxy) is 1. The monoisotopic (exact) mass is 560 g/mol. The summed E-state index contributed by atoms with van der Waals surface area (Å²) in [6, 6.07) is 16.7. The smallest absolute Gasteiger partial charge is 0.248 e. The summed E-state index contributed by atoms with van der Waals surface area (Å²) in [6.07, 6.45) is 3.08. The van der Waals surface area contributed by atoms with Crippen LogP contribution < -0.4 is 10.1 Å². The van der Waals surface area contributed by atoms with E-state index in [1.165, 1.54) is 10.9 Å². The lowest BCUT2D eigenvalue weighted by Gasteiger charge is -2.08. The standard InChI is InChI=1S/C22H15Br2ClN4O2/c1-31-22-13(9-14(23)10-16(22)24)7-8-21(30)26-18-12-20-19(11-17(18)25)27-29(28-20)15-5-3-2-4-6-15/h2-12H,1H3,(H,26,30)/b8-7+. The van der Waals surface area contributed by atoms with E-state index in [4.69, 9.17) is 16.3 Å². The number of nitrogens with zero attached hydrogens (tertiary/aromatic N) is 3. The second-order valence-corrected chi connectivity index (χ2v) is 8.66. The number of aromatic nitrogens is 3. The third kappa shape index (κ3) is 4.81. The van der Waals surface area contributed by atoms with E-state index in [0.29, 0.717) is 27.5 Å². The van der Waals surface area contributed by atoms with Gasteiger partial charge in [-0.2, -0.15) is 4.80 Å². The zero-order valence-corrected chi connectivity index (χ0v) is 20.1. The molecule has 4 aromatic rings. The van der Waals surface area contributed by atoms with Crippen LogP contribution in [0.5, 0.6) is 5.75 Å². The summed E-state index contributed by atoms with van der Waals surface area (Å²) in [4.78, 5) is 14.0. The van der Waals surface area contributed by atoms with E-state index in [-0.39, 0.29) is 5.91 Å². The molecule has 1 heterocycles. The summed E-state index contributed by atoms with van der Waals surface area (Å²) < 4.78 is 7.03. The molecular formula is C22H15Br2ClN4O2. The number of fused-ring (bicyclic) bond motifs is 1. The maximum absolute atomic E-state index is 12.5. The fraction of sp³-hybridized carbons (Fsp3) is 0.0455. The van der Waals surface area contributed by atoms with Gasteiger partial charge < -0.3 is 10.1 Å². The molecule has 6 nitrogen and oxygen atoms in total. The molecule has 0 unspecified atom stereocenters. The van der Waals surface area contributed by atoms with Gasteiger partial charge in [-0.25, -0.2) is 0 Å². The summed E-state index contributed by atoms with van der Waals surface area (Å²) in [5.41, 5.74) is 3.27. The Morgan fingerprint density at radius 2 is 1.81 bits per heavy atom. The zero-order chi connectivity index (χ0) is 22.0. The van der Waals surface area contributed by atoms with Crippen LogP contribution in [0.25, 0.3) is 22.8 Å². The summed E-state index contributed by atoms with van der Waals surface area (Å²) >= 11 is 13.2. The number of hydrogen-bond acceptors (Lipinski definition) is 4. The first-order valence-corrected chi connectivity index (χ1v) is 11.0. The van der Waals surface area contributed by atoms with Crippen LogP contribution in [-0.4, -0.2) is 28.0 Å². The SMILES string of the molecule is COc1c(Br)cc(Br)cc1/C=C/C(=O)Nc1cc2nn(-c3ccccc3)nc2cc1Cl. The molecule has 0 fully saturated rings. The molecule has 0 aliphatic heterocycles. The van der Waals surface area contributed by atoms with E-state index in [9.17, 15) is 4.79 Å². The molecule has 0 radical (unpaired) electrons. The third-order valence-electron chi connectivity index (χ3n) is 4.37.